The topological polar surface area (TPSA) is 161 Å². The molecule has 2 aromatic rings. The Balaban J connectivity index is 2.47. The SMILES string of the molecule is O=C1c2cccc(O)c2C(=O)c2c1cc([N+](=O)[O-])c(O)c2[N+](=O)[O-]. The molecule has 120 valence electrons. The molecule has 10 nitrogen and oxygen atoms in total. The summed E-state index contributed by atoms with van der Waals surface area (Å²) in [6.45, 7) is 0. The maximum atomic E-state index is 12.5. The molecular weight excluding hydrogens is 324 g/mol. The van der Waals surface area contributed by atoms with Gasteiger partial charge in [-0.1, -0.05) is 12.1 Å². The number of nitro benzene ring substituents is 2. The molecule has 0 spiro atoms. The molecule has 1 aliphatic rings. The van der Waals surface area contributed by atoms with Gasteiger partial charge in [0.25, 0.3) is 5.75 Å². The summed E-state index contributed by atoms with van der Waals surface area (Å²) >= 11 is 0. The number of nitrogens with zero attached hydrogens (tertiary/aromatic N) is 2. The Morgan fingerprint density at radius 3 is 2.12 bits per heavy atom. The number of aromatic hydroxyl groups is 2. The van der Waals surface area contributed by atoms with Crippen molar-refractivity contribution in [2.45, 2.75) is 0 Å². The van der Waals surface area contributed by atoms with E-state index in [1.807, 2.05) is 0 Å². The van der Waals surface area contributed by atoms with Crippen molar-refractivity contribution in [2.24, 2.45) is 0 Å². The van der Waals surface area contributed by atoms with E-state index < -0.39 is 61.0 Å². The molecule has 24 heavy (non-hydrogen) atoms. The summed E-state index contributed by atoms with van der Waals surface area (Å²) in [7, 11) is 0. The van der Waals surface area contributed by atoms with Crippen molar-refractivity contribution in [1.82, 2.24) is 0 Å². The van der Waals surface area contributed by atoms with Gasteiger partial charge in [0.1, 0.15) is 11.3 Å². The van der Waals surface area contributed by atoms with E-state index >= 15 is 0 Å². The number of benzene rings is 2. The second-order valence-electron chi connectivity index (χ2n) is 4.89. The first-order valence-electron chi connectivity index (χ1n) is 6.35. The highest BCUT2D eigenvalue weighted by Crippen LogP contribution is 2.45. The summed E-state index contributed by atoms with van der Waals surface area (Å²) in [5.74, 6) is -3.87. The van der Waals surface area contributed by atoms with Gasteiger partial charge in [-0.25, -0.2) is 0 Å². The monoisotopic (exact) mass is 330 g/mol. The summed E-state index contributed by atoms with van der Waals surface area (Å²) in [5, 5.41) is 41.8. The molecule has 2 N–H and O–H groups in total. The Labute approximate surface area is 131 Å². The highest BCUT2D eigenvalue weighted by atomic mass is 16.6. The molecule has 1 aliphatic carbocycles. The highest BCUT2D eigenvalue weighted by molar-refractivity contribution is 6.31. The van der Waals surface area contributed by atoms with Gasteiger partial charge >= 0.3 is 11.4 Å². The summed E-state index contributed by atoms with van der Waals surface area (Å²) in [4.78, 5) is 44.9. The molecule has 0 aliphatic heterocycles. The van der Waals surface area contributed by atoms with E-state index in [1.165, 1.54) is 12.1 Å². The van der Waals surface area contributed by atoms with Crippen LogP contribution in [0.2, 0.25) is 0 Å². The van der Waals surface area contributed by atoms with E-state index in [2.05, 4.69) is 0 Å². The van der Waals surface area contributed by atoms with E-state index in [1.54, 1.807) is 0 Å². The number of carbonyl (C=O) groups excluding carboxylic acids is 2. The van der Waals surface area contributed by atoms with Crippen molar-refractivity contribution >= 4 is 22.9 Å². The summed E-state index contributed by atoms with van der Waals surface area (Å²) < 4.78 is 0. The first kappa shape index (κ1) is 15.1. The van der Waals surface area contributed by atoms with Gasteiger partial charge in [-0.3, -0.25) is 29.8 Å². The molecule has 3 rings (SSSR count). The van der Waals surface area contributed by atoms with E-state index in [-0.39, 0.29) is 5.56 Å². The lowest BCUT2D eigenvalue weighted by Crippen LogP contribution is -2.22. The number of nitro groups is 2. The Morgan fingerprint density at radius 1 is 0.875 bits per heavy atom. The number of phenolic OH excluding ortho intramolecular Hbond substituents is 2. The van der Waals surface area contributed by atoms with Crippen molar-refractivity contribution in [3.05, 3.63) is 66.7 Å². The molecule has 10 heteroatoms. The Kier molecular flexibility index (Phi) is 3.04. The molecule has 0 amide bonds. The maximum Gasteiger partial charge on any atom is 0.329 e. The molecule has 0 fully saturated rings. The lowest BCUT2D eigenvalue weighted by atomic mass is 9.82. The van der Waals surface area contributed by atoms with Crippen molar-refractivity contribution < 1.29 is 29.6 Å². The van der Waals surface area contributed by atoms with E-state index in [0.717, 1.165) is 6.07 Å². The molecule has 0 radical (unpaired) electrons. The minimum absolute atomic E-state index is 0.234. The van der Waals surface area contributed by atoms with Gasteiger partial charge < -0.3 is 10.2 Å². The number of hydrogen-bond acceptors (Lipinski definition) is 8. The average molecular weight is 330 g/mol. The smallest absolute Gasteiger partial charge is 0.329 e. The summed E-state index contributed by atoms with van der Waals surface area (Å²) in [6.07, 6.45) is 0. The molecule has 0 bridgehead atoms. The van der Waals surface area contributed by atoms with Crippen LogP contribution in [0.25, 0.3) is 0 Å². The zero-order chi connectivity index (χ0) is 17.8. The fraction of sp³-hybridized carbons (Fsp3) is 0. The van der Waals surface area contributed by atoms with Crippen molar-refractivity contribution in [3.8, 4) is 11.5 Å². The third-order valence-corrected chi connectivity index (χ3v) is 3.62. The van der Waals surface area contributed by atoms with Crippen LogP contribution < -0.4 is 0 Å². The zero-order valence-corrected chi connectivity index (χ0v) is 11.5. The van der Waals surface area contributed by atoms with Gasteiger partial charge in [0.2, 0.25) is 5.78 Å². The second kappa shape index (κ2) is 4.84. The molecule has 0 unspecified atom stereocenters. The van der Waals surface area contributed by atoms with E-state index in [9.17, 15) is 40.0 Å². The Hall–Kier alpha value is -3.82. The summed E-state index contributed by atoms with van der Waals surface area (Å²) in [6, 6.07) is 4.23. The number of phenols is 2. The number of fused-ring (bicyclic) bond motifs is 2. The molecule has 0 saturated heterocycles. The molecule has 0 aromatic heterocycles. The lowest BCUT2D eigenvalue weighted by molar-refractivity contribution is -0.396. The van der Waals surface area contributed by atoms with Gasteiger partial charge in [-0.05, 0) is 6.07 Å². The number of ketones is 2. The van der Waals surface area contributed by atoms with Crippen LogP contribution in [0.4, 0.5) is 11.4 Å². The van der Waals surface area contributed by atoms with Crippen molar-refractivity contribution in [3.63, 3.8) is 0 Å². The normalized spacial score (nSPS) is 12.5. The van der Waals surface area contributed by atoms with Gasteiger partial charge in [0.15, 0.2) is 5.78 Å². The predicted octanol–water partition coefficient (Wildman–Crippen LogP) is 1.69. The van der Waals surface area contributed by atoms with Gasteiger partial charge in [-0.2, -0.15) is 0 Å². The highest BCUT2D eigenvalue weighted by Gasteiger charge is 2.42. The summed E-state index contributed by atoms with van der Waals surface area (Å²) in [5.41, 5.74) is -4.36. The molecular formula is C14H6N2O8. The van der Waals surface area contributed by atoms with Gasteiger partial charge in [0.05, 0.1) is 15.4 Å². The molecule has 0 heterocycles. The lowest BCUT2D eigenvalue weighted by Gasteiger charge is -2.18. The van der Waals surface area contributed by atoms with Crippen LogP contribution in [0.1, 0.15) is 31.8 Å². The minimum Gasteiger partial charge on any atom is -0.507 e. The third kappa shape index (κ3) is 1.83. The minimum atomic E-state index is -1.33. The Bertz CT molecular complexity index is 979. The van der Waals surface area contributed by atoms with Crippen LogP contribution in [0.15, 0.2) is 24.3 Å². The van der Waals surface area contributed by atoms with E-state index in [4.69, 9.17) is 0 Å². The first-order chi connectivity index (χ1) is 11.3. The van der Waals surface area contributed by atoms with Crippen LogP contribution >= 0.6 is 0 Å². The third-order valence-electron chi connectivity index (χ3n) is 3.62. The van der Waals surface area contributed by atoms with Crippen LogP contribution in [0, 0.1) is 20.2 Å². The standard InChI is InChI=1S/C14H6N2O8/c17-8-3-1-2-5-9(8)14(20)10-6(12(5)18)4-7(15(21)22)13(19)11(10)16(23)24/h1-4,17,19H. The van der Waals surface area contributed by atoms with Crippen LogP contribution in [-0.2, 0) is 0 Å². The fourth-order valence-corrected chi connectivity index (χ4v) is 2.61. The number of carbonyl (C=O) groups is 2. The fourth-order valence-electron chi connectivity index (χ4n) is 2.61. The molecule has 0 atom stereocenters. The van der Waals surface area contributed by atoms with Crippen LogP contribution in [0.5, 0.6) is 11.5 Å². The van der Waals surface area contributed by atoms with E-state index in [0.29, 0.717) is 6.07 Å². The van der Waals surface area contributed by atoms with Gasteiger partial charge in [0, 0.05) is 17.2 Å². The van der Waals surface area contributed by atoms with Gasteiger partial charge in [-0.15, -0.1) is 0 Å². The second-order valence-corrected chi connectivity index (χ2v) is 4.89. The quantitative estimate of drug-likeness (QED) is 0.530. The number of hydrogen-bond donors (Lipinski definition) is 2. The zero-order valence-electron chi connectivity index (χ0n) is 11.5. The van der Waals surface area contributed by atoms with Crippen LogP contribution in [-0.4, -0.2) is 31.6 Å². The largest absolute Gasteiger partial charge is 0.507 e. The van der Waals surface area contributed by atoms with Crippen LogP contribution in [0.3, 0.4) is 0 Å². The molecule has 0 saturated carbocycles. The van der Waals surface area contributed by atoms with Crippen molar-refractivity contribution in [2.75, 3.05) is 0 Å². The van der Waals surface area contributed by atoms with Crippen molar-refractivity contribution in [1.29, 1.82) is 0 Å². The Morgan fingerprint density at radius 2 is 1.54 bits per heavy atom. The first-order valence-corrected chi connectivity index (χ1v) is 6.35. The average Bonchev–Trinajstić information content (AvgIpc) is 2.51. The number of rotatable bonds is 2. The predicted molar refractivity (Wildman–Crippen MR) is 76.4 cm³/mol. The molecule has 2 aromatic carbocycles. The maximum absolute atomic E-state index is 12.5.